The maximum absolute atomic E-state index is 13.9. The first-order valence-corrected chi connectivity index (χ1v) is 23.9. The van der Waals surface area contributed by atoms with Gasteiger partial charge in [-0.25, -0.2) is 18.1 Å². The molecule has 3 aromatic carbocycles. The topological polar surface area (TPSA) is 166 Å². The van der Waals surface area contributed by atoms with Gasteiger partial charge in [-0.3, -0.25) is 24.7 Å². The number of sulfonamides is 1. The SMILES string of the molecule is CC1(C)CCC(CN2CCN(c3ccc(C(=O)NS(=O)(=O)c4ccc(NCCCN(CC(F)(F)F)C5CC5)c([N+](=O)[O-])c4)c(Oc4cnc5[nH]ccc5c4)c3)CC2)=C(c2ccc(Cl)cc2)C1. The zero-order valence-electron chi connectivity index (χ0n) is 36.7. The molecular weight excluding hydrogens is 897 g/mol. The van der Waals surface area contributed by atoms with Crippen molar-refractivity contribution in [3.63, 3.8) is 0 Å². The molecule has 0 spiro atoms. The number of anilines is 2. The molecule has 3 heterocycles. The normalized spacial score (nSPS) is 17.0. The Morgan fingerprint density at radius 3 is 2.52 bits per heavy atom. The molecule has 0 unspecified atom stereocenters. The van der Waals surface area contributed by atoms with E-state index in [2.05, 4.69) is 55.8 Å². The third-order valence-corrected chi connectivity index (χ3v) is 14.0. The molecule has 3 N–H and O–H groups in total. The van der Waals surface area contributed by atoms with Gasteiger partial charge in [0.05, 0.1) is 28.1 Å². The number of aromatic amines is 1. The Hall–Kier alpha value is -5.69. The summed E-state index contributed by atoms with van der Waals surface area (Å²) in [5, 5.41) is 16.4. The van der Waals surface area contributed by atoms with Crippen molar-refractivity contribution in [3.05, 3.63) is 117 Å². The number of alkyl halides is 3. The number of halogens is 4. The molecule has 0 radical (unpaired) electrons. The first kappa shape index (κ1) is 46.8. The lowest BCUT2D eigenvalue weighted by atomic mass is 9.72. The molecule has 5 aromatic rings. The Bertz CT molecular complexity index is 2740. The van der Waals surface area contributed by atoms with E-state index in [0.717, 1.165) is 62.1 Å². The fourth-order valence-corrected chi connectivity index (χ4v) is 9.87. The second-order valence-corrected chi connectivity index (χ2v) is 20.1. The number of rotatable bonds is 17. The number of nitro groups is 1. The quantitative estimate of drug-likeness (QED) is 0.0462. The van der Waals surface area contributed by atoms with Gasteiger partial charge in [0.25, 0.3) is 21.6 Å². The van der Waals surface area contributed by atoms with Gasteiger partial charge in [-0.15, -0.1) is 0 Å². The standard InChI is InChI=1S/C47H52ClF3N8O6S/c1-46(2)16-14-33(40(27-46)31-4-6-34(48)7-5-31)29-56-20-22-57(23-21-56)36-10-12-39(43(25-36)65-37-24-32-15-18-53-44(32)54-28-37)45(60)55-66(63,64)38-11-13-41(42(26-38)59(61)62)52-17-3-19-58(35-8-9-35)30-47(49,50)51/h4-7,10-13,15,18,24-26,28,35,52H,3,8-9,14,16-17,19-23,27,29-30H2,1-2H3,(H,53,54)(H,55,60). The van der Waals surface area contributed by atoms with Gasteiger partial charge in [0, 0.05) is 86.3 Å². The van der Waals surface area contributed by atoms with Gasteiger partial charge in [0.15, 0.2) is 0 Å². The van der Waals surface area contributed by atoms with Crippen molar-refractivity contribution in [1.29, 1.82) is 0 Å². The average molecular weight is 949 g/mol. The Morgan fingerprint density at radius 2 is 1.80 bits per heavy atom. The highest BCUT2D eigenvalue weighted by Gasteiger charge is 2.38. The van der Waals surface area contributed by atoms with E-state index < -0.39 is 44.2 Å². The molecule has 0 atom stereocenters. The van der Waals surface area contributed by atoms with E-state index >= 15 is 0 Å². The lowest BCUT2D eigenvalue weighted by molar-refractivity contribution is -0.384. The predicted octanol–water partition coefficient (Wildman–Crippen LogP) is 9.65. The lowest BCUT2D eigenvalue weighted by Crippen LogP contribution is -2.47. The van der Waals surface area contributed by atoms with Gasteiger partial charge in [0.1, 0.15) is 22.8 Å². The number of nitro benzene ring substituents is 1. The maximum atomic E-state index is 13.9. The van der Waals surface area contributed by atoms with Crippen LogP contribution in [0.25, 0.3) is 16.6 Å². The van der Waals surface area contributed by atoms with E-state index in [9.17, 15) is 36.5 Å². The second-order valence-electron chi connectivity index (χ2n) is 18.0. The summed E-state index contributed by atoms with van der Waals surface area (Å²) in [6.07, 6.45) is 3.64. The number of ether oxygens (including phenoxy) is 1. The number of piperazine rings is 1. The van der Waals surface area contributed by atoms with Crippen LogP contribution in [0, 0.1) is 15.5 Å². The number of nitrogens with one attached hydrogen (secondary N) is 3. The number of fused-ring (bicyclic) bond motifs is 1. The van der Waals surface area contributed by atoms with Crippen LogP contribution >= 0.6 is 11.6 Å². The number of hydrogen-bond acceptors (Lipinski definition) is 11. The van der Waals surface area contributed by atoms with Crippen molar-refractivity contribution in [2.45, 2.75) is 69.5 Å². The third kappa shape index (κ3) is 11.6. The van der Waals surface area contributed by atoms with Crippen LogP contribution in [-0.2, 0) is 10.0 Å². The smallest absolute Gasteiger partial charge is 0.401 e. The van der Waals surface area contributed by atoms with E-state index in [-0.39, 0.29) is 48.0 Å². The summed E-state index contributed by atoms with van der Waals surface area (Å²) >= 11 is 6.23. The number of amides is 1. The van der Waals surface area contributed by atoms with Crippen LogP contribution < -0.4 is 19.7 Å². The molecule has 2 aromatic heterocycles. The van der Waals surface area contributed by atoms with E-state index in [1.807, 2.05) is 18.2 Å². The van der Waals surface area contributed by atoms with Crippen LogP contribution in [0.5, 0.6) is 11.5 Å². The molecular formula is C47H52ClF3N8O6S. The van der Waals surface area contributed by atoms with Gasteiger partial charge >= 0.3 is 6.18 Å². The zero-order chi connectivity index (χ0) is 46.8. The van der Waals surface area contributed by atoms with Gasteiger partial charge in [-0.1, -0.05) is 43.2 Å². The first-order chi connectivity index (χ1) is 31.4. The van der Waals surface area contributed by atoms with Gasteiger partial charge in [-0.05, 0) is 104 Å². The molecule has 8 rings (SSSR count). The van der Waals surface area contributed by atoms with Crippen LogP contribution in [0.2, 0.25) is 5.02 Å². The van der Waals surface area contributed by atoms with Crippen LogP contribution in [0.15, 0.2) is 95.7 Å². The Morgan fingerprint density at radius 1 is 1.05 bits per heavy atom. The molecule has 1 saturated carbocycles. The molecule has 66 heavy (non-hydrogen) atoms. The number of benzene rings is 3. The highest BCUT2D eigenvalue weighted by molar-refractivity contribution is 7.90. The van der Waals surface area contributed by atoms with Crippen molar-refractivity contribution in [3.8, 4) is 11.5 Å². The number of hydrogen-bond donors (Lipinski definition) is 3. The number of aromatic nitrogens is 2. The fraction of sp³-hybridized carbons (Fsp3) is 0.404. The largest absolute Gasteiger partial charge is 0.455 e. The zero-order valence-corrected chi connectivity index (χ0v) is 38.2. The number of carbonyl (C=O) groups excluding carboxylic acids is 1. The van der Waals surface area contributed by atoms with Gasteiger partial charge in [-0.2, -0.15) is 13.2 Å². The number of nitrogens with zero attached hydrogens (tertiary/aromatic N) is 5. The molecule has 1 aliphatic heterocycles. The first-order valence-electron chi connectivity index (χ1n) is 22.0. The summed E-state index contributed by atoms with van der Waals surface area (Å²) in [5.74, 6) is -0.648. The maximum Gasteiger partial charge on any atom is 0.401 e. The minimum Gasteiger partial charge on any atom is -0.455 e. The van der Waals surface area contributed by atoms with Crippen molar-refractivity contribution >= 4 is 61.2 Å². The van der Waals surface area contributed by atoms with Crippen LogP contribution in [0.4, 0.5) is 30.2 Å². The molecule has 350 valence electrons. The molecule has 2 fully saturated rings. The van der Waals surface area contributed by atoms with Gasteiger partial charge < -0.3 is 19.9 Å². The predicted molar refractivity (Wildman–Crippen MR) is 249 cm³/mol. The summed E-state index contributed by atoms with van der Waals surface area (Å²) < 4.78 is 74.9. The highest BCUT2D eigenvalue weighted by Crippen LogP contribution is 2.43. The molecule has 3 aliphatic rings. The van der Waals surface area contributed by atoms with Crippen molar-refractivity contribution < 1.29 is 36.0 Å². The number of H-pyrrole nitrogens is 1. The minimum atomic E-state index is -4.67. The van der Waals surface area contributed by atoms with Crippen molar-refractivity contribution in [2.24, 2.45) is 5.41 Å². The van der Waals surface area contributed by atoms with E-state index in [4.69, 9.17) is 16.3 Å². The molecule has 1 saturated heterocycles. The number of carbonyl (C=O) groups is 1. The fourth-order valence-electron chi connectivity index (χ4n) is 8.76. The van der Waals surface area contributed by atoms with E-state index in [1.165, 1.54) is 39.9 Å². The second kappa shape index (κ2) is 19.3. The summed E-state index contributed by atoms with van der Waals surface area (Å²) in [4.78, 5) is 38.2. The summed E-state index contributed by atoms with van der Waals surface area (Å²) in [6, 6.07) is 19.6. The number of allylic oxidation sites excluding steroid dienone is 1. The van der Waals surface area contributed by atoms with Crippen molar-refractivity contribution in [2.75, 3.05) is 62.6 Å². The molecule has 19 heteroatoms. The van der Waals surface area contributed by atoms with Crippen LogP contribution in [-0.4, -0.2) is 104 Å². The molecule has 14 nitrogen and oxygen atoms in total. The summed E-state index contributed by atoms with van der Waals surface area (Å²) in [5.41, 5.74) is 4.93. The minimum absolute atomic E-state index is 0.0167. The third-order valence-electron chi connectivity index (χ3n) is 12.4. The molecule has 1 amide bonds. The van der Waals surface area contributed by atoms with E-state index in [1.54, 1.807) is 24.4 Å². The average Bonchev–Trinajstić information content (AvgIpc) is 4.02. The Labute approximate surface area is 386 Å². The number of pyridine rings is 1. The molecule has 0 bridgehead atoms. The van der Waals surface area contributed by atoms with Crippen LogP contribution in [0.3, 0.4) is 0 Å². The summed E-state index contributed by atoms with van der Waals surface area (Å²) in [6.45, 7) is 7.64. The Kier molecular flexibility index (Phi) is 13.7. The highest BCUT2D eigenvalue weighted by atomic mass is 35.5. The molecule has 2 aliphatic carbocycles. The van der Waals surface area contributed by atoms with E-state index in [0.29, 0.717) is 42.4 Å². The summed E-state index contributed by atoms with van der Waals surface area (Å²) in [7, 11) is -4.67. The van der Waals surface area contributed by atoms with Gasteiger partial charge in [0.2, 0.25) is 0 Å². The Balaban J connectivity index is 0.970. The van der Waals surface area contributed by atoms with Crippen molar-refractivity contribution in [1.82, 2.24) is 24.5 Å². The van der Waals surface area contributed by atoms with Crippen LogP contribution in [0.1, 0.15) is 68.3 Å². The monoisotopic (exact) mass is 948 g/mol. The lowest BCUT2D eigenvalue weighted by Gasteiger charge is -2.39.